The number of hydrogen-bond donors (Lipinski definition) is 0. The molecule has 0 aliphatic heterocycles. The second kappa shape index (κ2) is 6.18. The molecule has 1 atom stereocenters. The van der Waals surface area contributed by atoms with Crippen molar-refractivity contribution in [2.45, 2.75) is 18.2 Å². The molecule has 0 saturated heterocycles. The van der Waals surface area contributed by atoms with Crippen LogP contribution in [0, 0.1) is 6.92 Å². The molecule has 0 saturated carbocycles. The van der Waals surface area contributed by atoms with Gasteiger partial charge in [-0.2, -0.15) is 0 Å². The first-order valence-electron chi connectivity index (χ1n) is 5.57. The summed E-state index contributed by atoms with van der Waals surface area (Å²) in [4.78, 5) is 4.57. The smallest absolute Gasteiger partial charge is 0.0465 e. The molecule has 18 heavy (non-hydrogen) atoms. The topological polar surface area (TPSA) is 12.9 Å². The van der Waals surface area contributed by atoms with Gasteiger partial charge in [0.05, 0.1) is 0 Å². The Morgan fingerprint density at radius 2 is 2.11 bits per heavy atom. The van der Waals surface area contributed by atoms with Crippen molar-refractivity contribution in [2.24, 2.45) is 0 Å². The second-order valence-electron chi connectivity index (χ2n) is 4.10. The summed E-state index contributed by atoms with van der Waals surface area (Å²) in [6, 6.07) is 9.91. The van der Waals surface area contributed by atoms with Crippen molar-refractivity contribution in [2.75, 3.05) is 0 Å². The van der Waals surface area contributed by atoms with Crippen LogP contribution in [0.15, 0.2) is 41.0 Å². The van der Waals surface area contributed by atoms with Crippen molar-refractivity contribution in [3.8, 4) is 0 Å². The lowest BCUT2D eigenvalue weighted by atomic mass is 10.1. The van der Waals surface area contributed by atoms with Crippen LogP contribution < -0.4 is 0 Å². The number of pyridine rings is 1. The number of nitrogens with zero attached hydrogens (tertiary/aromatic N) is 1. The Hall–Kier alpha value is -0.380. The highest BCUT2D eigenvalue weighted by atomic mass is 79.9. The van der Waals surface area contributed by atoms with Gasteiger partial charge in [0.1, 0.15) is 0 Å². The zero-order chi connectivity index (χ0) is 13.1. The fourth-order valence-corrected chi connectivity index (χ4v) is 3.21. The summed E-state index contributed by atoms with van der Waals surface area (Å²) in [7, 11) is 0. The van der Waals surface area contributed by atoms with Crippen LogP contribution in [0.1, 0.15) is 21.6 Å². The molecule has 1 heterocycles. The molecular weight excluding hydrogens is 377 g/mol. The number of benzene rings is 1. The Kier molecular flexibility index (Phi) is 4.82. The SMILES string of the molecule is Cc1cccnc1CC(Br)c1cc(Br)ccc1Cl. The maximum atomic E-state index is 6.23. The van der Waals surface area contributed by atoms with Crippen LogP contribution in [0.3, 0.4) is 0 Å². The maximum Gasteiger partial charge on any atom is 0.0465 e. The van der Waals surface area contributed by atoms with Gasteiger partial charge in [0.15, 0.2) is 0 Å². The average molecular weight is 390 g/mol. The first-order valence-corrected chi connectivity index (χ1v) is 7.66. The second-order valence-corrected chi connectivity index (χ2v) is 6.53. The standard InChI is InChI=1S/C14H12Br2ClN/c1-9-3-2-6-18-14(9)8-12(16)11-7-10(15)4-5-13(11)17/h2-7,12H,8H2,1H3. The van der Waals surface area contributed by atoms with Gasteiger partial charge < -0.3 is 0 Å². The minimum absolute atomic E-state index is 0.163. The van der Waals surface area contributed by atoms with Crippen LogP contribution in [-0.2, 0) is 6.42 Å². The largest absolute Gasteiger partial charge is 0.261 e. The Labute approximate surface area is 129 Å². The van der Waals surface area contributed by atoms with Crippen LogP contribution in [-0.4, -0.2) is 4.98 Å². The molecule has 0 radical (unpaired) electrons. The Morgan fingerprint density at radius 3 is 2.83 bits per heavy atom. The molecule has 0 bridgehead atoms. The lowest BCUT2D eigenvalue weighted by molar-refractivity contribution is 0.891. The monoisotopic (exact) mass is 387 g/mol. The van der Waals surface area contributed by atoms with Gasteiger partial charge in [0.25, 0.3) is 0 Å². The van der Waals surface area contributed by atoms with Crippen molar-refractivity contribution in [3.63, 3.8) is 0 Å². The highest BCUT2D eigenvalue weighted by Gasteiger charge is 2.14. The van der Waals surface area contributed by atoms with Crippen molar-refractivity contribution in [1.82, 2.24) is 4.98 Å². The lowest BCUT2D eigenvalue weighted by Crippen LogP contribution is -2.00. The van der Waals surface area contributed by atoms with E-state index in [4.69, 9.17) is 11.6 Å². The van der Waals surface area contributed by atoms with Crippen LogP contribution in [0.25, 0.3) is 0 Å². The zero-order valence-electron chi connectivity index (χ0n) is 9.83. The van der Waals surface area contributed by atoms with E-state index in [9.17, 15) is 0 Å². The highest BCUT2D eigenvalue weighted by Crippen LogP contribution is 2.34. The van der Waals surface area contributed by atoms with E-state index in [-0.39, 0.29) is 4.83 Å². The Balaban J connectivity index is 2.25. The predicted octanol–water partition coefficient (Wildman–Crippen LogP) is 5.48. The molecule has 0 spiro atoms. The van der Waals surface area contributed by atoms with E-state index in [2.05, 4.69) is 49.8 Å². The van der Waals surface area contributed by atoms with E-state index in [1.807, 2.05) is 30.5 Å². The quantitative estimate of drug-likeness (QED) is 0.633. The van der Waals surface area contributed by atoms with Gasteiger partial charge in [-0.1, -0.05) is 49.5 Å². The van der Waals surface area contributed by atoms with E-state index >= 15 is 0 Å². The fourth-order valence-electron chi connectivity index (χ4n) is 1.77. The molecule has 0 aliphatic carbocycles. The number of rotatable bonds is 3. The van der Waals surface area contributed by atoms with Crippen LogP contribution in [0.5, 0.6) is 0 Å². The molecule has 1 unspecified atom stereocenters. The number of aryl methyl sites for hydroxylation is 1. The van der Waals surface area contributed by atoms with Gasteiger partial charge in [0, 0.05) is 32.6 Å². The van der Waals surface area contributed by atoms with Crippen molar-refractivity contribution >= 4 is 43.5 Å². The van der Waals surface area contributed by atoms with Gasteiger partial charge in [-0.15, -0.1) is 0 Å². The third-order valence-electron chi connectivity index (χ3n) is 2.79. The summed E-state index contributed by atoms with van der Waals surface area (Å²) in [5.41, 5.74) is 3.37. The minimum atomic E-state index is 0.163. The molecule has 4 heteroatoms. The molecule has 0 fully saturated rings. The third kappa shape index (κ3) is 3.34. The molecule has 0 amide bonds. The zero-order valence-corrected chi connectivity index (χ0v) is 13.8. The van der Waals surface area contributed by atoms with Crippen LogP contribution in [0.4, 0.5) is 0 Å². The summed E-state index contributed by atoms with van der Waals surface area (Å²) in [5.74, 6) is 0. The average Bonchev–Trinajstić information content (AvgIpc) is 2.35. The van der Waals surface area contributed by atoms with Crippen molar-refractivity contribution in [1.29, 1.82) is 0 Å². The van der Waals surface area contributed by atoms with E-state index in [1.165, 1.54) is 5.56 Å². The summed E-state index contributed by atoms with van der Waals surface area (Å²) in [5, 5.41) is 0.772. The Morgan fingerprint density at radius 1 is 1.33 bits per heavy atom. The third-order valence-corrected chi connectivity index (χ3v) is 4.44. The molecule has 1 aromatic carbocycles. The summed E-state index contributed by atoms with van der Waals surface area (Å²) in [6.45, 7) is 2.07. The van der Waals surface area contributed by atoms with Crippen molar-refractivity contribution in [3.05, 3.63) is 62.8 Å². The highest BCUT2D eigenvalue weighted by molar-refractivity contribution is 9.10. The van der Waals surface area contributed by atoms with Gasteiger partial charge >= 0.3 is 0 Å². The first kappa shape index (κ1) is 14.0. The van der Waals surface area contributed by atoms with Gasteiger partial charge in [-0.3, -0.25) is 4.98 Å². The predicted molar refractivity (Wildman–Crippen MR) is 83.5 cm³/mol. The van der Waals surface area contributed by atoms with E-state index < -0.39 is 0 Å². The van der Waals surface area contributed by atoms with Crippen molar-refractivity contribution < 1.29 is 0 Å². The first-order chi connectivity index (χ1) is 8.58. The molecule has 0 N–H and O–H groups in total. The molecule has 2 rings (SSSR count). The molecule has 1 nitrogen and oxygen atoms in total. The number of halogens is 3. The summed E-state index contributed by atoms with van der Waals surface area (Å²) >= 11 is 13.4. The molecule has 1 aromatic heterocycles. The lowest BCUT2D eigenvalue weighted by Gasteiger charge is -2.13. The maximum absolute atomic E-state index is 6.23. The minimum Gasteiger partial charge on any atom is -0.261 e. The molecule has 94 valence electrons. The molecule has 2 aromatic rings. The van der Waals surface area contributed by atoms with E-state index in [0.29, 0.717) is 0 Å². The van der Waals surface area contributed by atoms with E-state index in [1.54, 1.807) is 0 Å². The van der Waals surface area contributed by atoms with Crippen LogP contribution in [0.2, 0.25) is 5.02 Å². The molecular formula is C14H12Br2ClN. The number of alkyl halides is 1. The number of aromatic nitrogens is 1. The molecule has 0 aliphatic rings. The van der Waals surface area contributed by atoms with Gasteiger partial charge in [0.2, 0.25) is 0 Å². The van der Waals surface area contributed by atoms with Crippen LogP contribution >= 0.6 is 43.5 Å². The normalized spacial score (nSPS) is 12.4. The summed E-state index contributed by atoms with van der Waals surface area (Å²) in [6.07, 6.45) is 2.65. The number of hydrogen-bond acceptors (Lipinski definition) is 1. The van der Waals surface area contributed by atoms with E-state index in [0.717, 1.165) is 27.2 Å². The van der Waals surface area contributed by atoms with Gasteiger partial charge in [-0.05, 0) is 42.3 Å². The Bertz CT molecular complexity index is 557. The summed E-state index contributed by atoms with van der Waals surface area (Å²) < 4.78 is 1.03. The fraction of sp³-hybridized carbons (Fsp3) is 0.214. The van der Waals surface area contributed by atoms with Gasteiger partial charge in [-0.25, -0.2) is 0 Å².